The lowest BCUT2D eigenvalue weighted by Gasteiger charge is -2.20. The van der Waals surface area contributed by atoms with Gasteiger partial charge in [-0.05, 0) is 42.3 Å². The zero-order valence-corrected chi connectivity index (χ0v) is 18.0. The van der Waals surface area contributed by atoms with Crippen molar-refractivity contribution in [3.63, 3.8) is 0 Å². The molecule has 5 nitrogen and oxygen atoms in total. The Labute approximate surface area is 183 Å². The van der Waals surface area contributed by atoms with Crippen LogP contribution in [-0.2, 0) is 4.79 Å². The third kappa shape index (κ3) is 6.06. The first-order chi connectivity index (χ1) is 14.9. The minimum Gasteiger partial charge on any atom is -0.377 e. The predicted octanol–water partition coefficient (Wildman–Crippen LogP) is 4.90. The fraction of sp³-hybridized carbons (Fsp3) is 0.154. The molecule has 0 saturated carbocycles. The molecule has 3 aromatic carbocycles. The number of nitrogens with zero attached hydrogens (tertiary/aromatic N) is 1. The molecule has 0 aromatic heterocycles. The van der Waals surface area contributed by atoms with Gasteiger partial charge >= 0.3 is 0 Å². The van der Waals surface area contributed by atoms with E-state index < -0.39 is 0 Å². The average molecular weight is 414 g/mol. The van der Waals surface area contributed by atoms with Crippen LogP contribution in [0.25, 0.3) is 6.08 Å². The molecule has 158 valence electrons. The Bertz CT molecular complexity index is 1060. The smallest absolute Gasteiger partial charge is 0.253 e. The van der Waals surface area contributed by atoms with Gasteiger partial charge in [0.1, 0.15) is 0 Å². The number of amides is 2. The summed E-state index contributed by atoms with van der Waals surface area (Å²) in [6, 6.07) is 24.6. The van der Waals surface area contributed by atoms with Gasteiger partial charge in [0.15, 0.2) is 0 Å². The molecule has 1 unspecified atom stereocenters. The normalized spacial score (nSPS) is 11.7. The van der Waals surface area contributed by atoms with Crippen LogP contribution >= 0.6 is 0 Å². The predicted molar refractivity (Wildman–Crippen MR) is 127 cm³/mol. The zero-order chi connectivity index (χ0) is 22.2. The van der Waals surface area contributed by atoms with Gasteiger partial charge in [-0.25, -0.2) is 0 Å². The van der Waals surface area contributed by atoms with E-state index in [0.717, 1.165) is 16.8 Å². The van der Waals surface area contributed by atoms with Crippen LogP contribution < -0.4 is 15.5 Å². The highest BCUT2D eigenvalue weighted by Gasteiger charge is 2.17. The lowest BCUT2D eigenvalue weighted by atomic mass is 10.1. The maximum Gasteiger partial charge on any atom is 0.253 e. The SMILES string of the molecule is CC(NC(=O)c1cc(NC(=O)C=Cc2ccccc2)ccc1N(C)C)c1ccccc1. The first-order valence-corrected chi connectivity index (χ1v) is 10.2. The van der Waals surface area contributed by atoms with Crippen LogP contribution in [0.5, 0.6) is 0 Å². The molecule has 0 saturated heterocycles. The molecule has 2 N–H and O–H groups in total. The van der Waals surface area contributed by atoms with Crippen LogP contribution in [0.1, 0.15) is 34.5 Å². The van der Waals surface area contributed by atoms with Crippen molar-refractivity contribution in [3.8, 4) is 0 Å². The molecule has 0 fully saturated rings. The summed E-state index contributed by atoms with van der Waals surface area (Å²) in [5.41, 5.74) is 3.80. The highest BCUT2D eigenvalue weighted by Crippen LogP contribution is 2.24. The van der Waals surface area contributed by atoms with Crippen LogP contribution in [0.3, 0.4) is 0 Å². The second-order valence-corrected chi connectivity index (χ2v) is 7.47. The van der Waals surface area contributed by atoms with Crippen molar-refractivity contribution in [1.82, 2.24) is 5.32 Å². The summed E-state index contributed by atoms with van der Waals surface area (Å²) in [5.74, 6) is -0.457. The Morgan fingerprint density at radius 1 is 0.903 bits per heavy atom. The van der Waals surface area contributed by atoms with Crippen LogP contribution in [0.15, 0.2) is 84.9 Å². The fourth-order valence-electron chi connectivity index (χ4n) is 3.21. The molecule has 3 aromatic rings. The van der Waals surface area contributed by atoms with E-state index in [4.69, 9.17) is 0 Å². The molecule has 1 atom stereocenters. The molecule has 0 heterocycles. The van der Waals surface area contributed by atoms with Crippen molar-refractivity contribution in [2.75, 3.05) is 24.3 Å². The molecule has 0 aliphatic heterocycles. The van der Waals surface area contributed by atoms with Crippen LogP contribution in [0.4, 0.5) is 11.4 Å². The van der Waals surface area contributed by atoms with Crippen molar-refractivity contribution in [2.45, 2.75) is 13.0 Å². The Kier molecular flexibility index (Phi) is 7.22. The van der Waals surface area contributed by atoms with Crippen molar-refractivity contribution in [1.29, 1.82) is 0 Å². The molecule has 0 spiro atoms. The number of hydrogen-bond acceptors (Lipinski definition) is 3. The lowest BCUT2D eigenvalue weighted by molar-refractivity contribution is -0.111. The van der Waals surface area contributed by atoms with Gasteiger partial charge in [0, 0.05) is 31.5 Å². The monoisotopic (exact) mass is 413 g/mol. The minimum atomic E-state index is -0.259. The topological polar surface area (TPSA) is 61.4 Å². The molecule has 0 bridgehead atoms. The van der Waals surface area contributed by atoms with Gasteiger partial charge < -0.3 is 15.5 Å². The zero-order valence-electron chi connectivity index (χ0n) is 18.0. The molecule has 5 heteroatoms. The Morgan fingerprint density at radius 2 is 1.55 bits per heavy atom. The number of benzene rings is 3. The lowest BCUT2D eigenvalue weighted by Crippen LogP contribution is -2.28. The third-order valence-electron chi connectivity index (χ3n) is 4.86. The van der Waals surface area contributed by atoms with Gasteiger partial charge in [-0.1, -0.05) is 60.7 Å². The number of carbonyl (C=O) groups is 2. The van der Waals surface area contributed by atoms with Crippen molar-refractivity contribution in [3.05, 3.63) is 102 Å². The second kappa shape index (κ2) is 10.3. The fourth-order valence-corrected chi connectivity index (χ4v) is 3.21. The van der Waals surface area contributed by atoms with Gasteiger partial charge in [-0.3, -0.25) is 9.59 Å². The largest absolute Gasteiger partial charge is 0.377 e. The molecule has 0 radical (unpaired) electrons. The second-order valence-electron chi connectivity index (χ2n) is 7.47. The Morgan fingerprint density at radius 3 is 2.19 bits per heavy atom. The maximum absolute atomic E-state index is 13.0. The molecule has 0 aliphatic carbocycles. The van der Waals surface area contributed by atoms with E-state index in [1.165, 1.54) is 6.08 Å². The van der Waals surface area contributed by atoms with E-state index >= 15 is 0 Å². The highest BCUT2D eigenvalue weighted by atomic mass is 16.2. The van der Waals surface area contributed by atoms with E-state index in [9.17, 15) is 9.59 Å². The van der Waals surface area contributed by atoms with Gasteiger partial charge in [-0.2, -0.15) is 0 Å². The summed E-state index contributed by atoms with van der Waals surface area (Å²) in [6.45, 7) is 1.95. The van der Waals surface area contributed by atoms with Crippen molar-refractivity contribution in [2.24, 2.45) is 0 Å². The summed E-state index contributed by atoms with van der Waals surface area (Å²) in [6.07, 6.45) is 3.23. The average Bonchev–Trinajstić information content (AvgIpc) is 2.78. The summed E-state index contributed by atoms with van der Waals surface area (Å²) in [4.78, 5) is 27.3. The van der Waals surface area contributed by atoms with E-state index in [0.29, 0.717) is 11.3 Å². The first-order valence-electron chi connectivity index (χ1n) is 10.2. The number of carbonyl (C=O) groups excluding carboxylic acids is 2. The Balaban J connectivity index is 1.76. The van der Waals surface area contributed by atoms with Gasteiger partial charge in [-0.15, -0.1) is 0 Å². The number of nitrogens with one attached hydrogen (secondary N) is 2. The molecular weight excluding hydrogens is 386 g/mol. The molecule has 31 heavy (non-hydrogen) atoms. The van der Waals surface area contributed by atoms with Gasteiger partial charge in [0.05, 0.1) is 11.6 Å². The summed E-state index contributed by atoms with van der Waals surface area (Å²) >= 11 is 0. The number of hydrogen-bond donors (Lipinski definition) is 2. The van der Waals surface area contributed by atoms with E-state index in [1.807, 2.05) is 92.6 Å². The molecule has 3 rings (SSSR count). The van der Waals surface area contributed by atoms with Crippen LogP contribution in [0.2, 0.25) is 0 Å². The van der Waals surface area contributed by atoms with Gasteiger partial charge in [0.2, 0.25) is 5.91 Å². The van der Waals surface area contributed by atoms with E-state index in [-0.39, 0.29) is 17.9 Å². The Hall–Kier alpha value is -3.86. The standard InChI is InChI=1S/C26H27N3O2/c1-19(21-12-8-5-9-13-21)27-26(31)23-18-22(15-16-24(23)29(2)3)28-25(30)17-14-20-10-6-4-7-11-20/h4-19H,1-3H3,(H,27,31)(H,28,30). The number of anilines is 2. The maximum atomic E-state index is 13.0. The van der Waals surface area contributed by atoms with Crippen LogP contribution in [-0.4, -0.2) is 25.9 Å². The first kappa shape index (κ1) is 21.8. The van der Waals surface area contributed by atoms with Gasteiger partial charge in [0.25, 0.3) is 5.91 Å². The molecular formula is C26H27N3O2. The quantitative estimate of drug-likeness (QED) is 0.542. The molecule has 2 amide bonds. The van der Waals surface area contributed by atoms with Crippen molar-refractivity contribution >= 4 is 29.3 Å². The van der Waals surface area contributed by atoms with E-state index in [1.54, 1.807) is 18.2 Å². The molecule has 0 aliphatic rings. The summed E-state index contributed by atoms with van der Waals surface area (Å²) in [5, 5.41) is 5.88. The summed E-state index contributed by atoms with van der Waals surface area (Å²) in [7, 11) is 3.77. The third-order valence-corrected chi connectivity index (χ3v) is 4.86. The minimum absolute atomic E-state index is 0.143. The number of rotatable bonds is 7. The highest BCUT2D eigenvalue weighted by molar-refractivity contribution is 6.05. The van der Waals surface area contributed by atoms with Crippen molar-refractivity contribution < 1.29 is 9.59 Å². The van der Waals surface area contributed by atoms with Crippen LogP contribution in [0, 0.1) is 0 Å². The summed E-state index contributed by atoms with van der Waals surface area (Å²) < 4.78 is 0. The van der Waals surface area contributed by atoms with E-state index in [2.05, 4.69) is 10.6 Å².